The van der Waals surface area contributed by atoms with Gasteiger partial charge in [-0.3, -0.25) is 9.89 Å². The minimum absolute atomic E-state index is 0.243. The van der Waals surface area contributed by atoms with Gasteiger partial charge in [-0.05, 0) is 37.1 Å². The van der Waals surface area contributed by atoms with Crippen LogP contribution in [0.5, 0.6) is 0 Å². The van der Waals surface area contributed by atoms with Crippen LogP contribution in [0.3, 0.4) is 0 Å². The summed E-state index contributed by atoms with van der Waals surface area (Å²) < 4.78 is 22.7. The molecule has 0 aliphatic carbocycles. The molecule has 0 amide bonds. The van der Waals surface area contributed by atoms with Gasteiger partial charge in [0.1, 0.15) is 0 Å². The number of benzene rings is 1. The average molecular weight is 324 g/mol. The van der Waals surface area contributed by atoms with E-state index >= 15 is 0 Å². The third kappa shape index (κ3) is 5.31. The molecule has 0 aromatic heterocycles. The average Bonchev–Trinajstić information content (AvgIpc) is 2.39. The Morgan fingerprint density at radius 2 is 1.82 bits per heavy atom. The van der Waals surface area contributed by atoms with Crippen molar-refractivity contribution < 1.29 is 8.42 Å². The van der Waals surface area contributed by atoms with Gasteiger partial charge >= 0.3 is 0 Å². The maximum atomic E-state index is 11.4. The number of sulfone groups is 1. The monoisotopic (exact) mass is 324 g/mol. The van der Waals surface area contributed by atoms with Crippen molar-refractivity contribution in [2.24, 2.45) is 10.7 Å². The third-order valence-electron chi connectivity index (χ3n) is 3.63. The zero-order chi connectivity index (χ0) is 16.2. The van der Waals surface area contributed by atoms with Crippen molar-refractivity contribution in [1.29, 1.82) is 0 Å². The predicted molar refractivity (Wildman–Crippen MR) is 91.1 cm³/mol. The van der Waals surface area contributed by atoms with Crippen LogP contribution >= 0.6 is 0 Å². The highest BCUT2D eigenvalue weighted by Crippen LogP contribution is 2.13. The number of hydrogen-bond donors (Lipinski definition) is 2. The van der Waals surface area contributed by atoms with Gasteiger partial charge in [0.05, 0.1) is 18.1 Å². The lowest BCUT2D eigenvalue weighted by atomic mass is 10.1. The van der Waals surface area contributed by atoms with Gasteiger partial charge in [-0.15, -0.1) is 0 Å². The van der Waals surface area contributed by atoms with Gasteiger partial charge in [0.25, 0.3) is 0 Å². The SMILES string of the molecule is Cc1cc(C)cc(NC(N)=NCCN2CCS(=O)(=O)CC2)c1. The quantitative estimate of drug-likeness (QED) is 0.631. The van der Waals surface area contributed by atoms with Crippen LogP contribution in [0, 0.1) is 13.8 Å². The van der Waals surface area contributed by atoms with Gasteiger partial charge in [0, 0.05) is 25.3 Å². The molecule has 1 aliphatic heterocycles. The van der Waals surface area contributed by atoms with Crippen molar-refractivity contribution in [3.05, 3.63) is 29.3 Å². The molecule has 1 saturated heterocycles. The smallest absolute Gasteiger partial charge is 0.193 e. The van der Waals surface area contributed by atoms with E-state index in [0.29, 0.717) is 25.6 Å². The molecule has 2 rings (SSSR count). The van der Waals surface area contributed by atoms with Crippen molar-refractivity contribution >= 4 is 21.5 Å². The Hall–Kier alpha value is -1.60. The van der Waals surface area contributed by atoms with Crippen LogP contribution in [0.4, 0.5) is 5.69 Å². The van der Waals surface area contributed by atoms with E-state index in [1.54, 1.807) is 0 Å². The fourth-order valence-corrected chi connectivity index (χ4v) is 3.80. The van der Waals surface area contributed by atoms with E-state index in [0.717, 1.165) is 12.2 Å². The summed E-state index contributed by atoms with van der Waals surface area (Å²) in [6.45, 7) is 6.53. The highest BCUT2D eigenvalue weighted by Gasteiger charge is 2.20. The van der Waals surface area contributed by atoms with Crippen LogP contribution < -0.4 is 11.1 Å². The van der Waals surface area contributed by atoms with Crippen LogP contribution in [-0.2, 0) is 9.84 Å². The van der Waals surface area contributed by atoms with Gasteiger partial charge in [-0.25, -0.2) is 8.42 Å². The van der Waals surface area contributed by atoms with E-state index in [1.165, 1.54) is 11.1 Å². The molecule has 0 saturated carbocycles. The van der Waals surface area contributed by atoms with E-state index in [4.69, 9.17) is 5.73 Å². The molecule has 1 aliphatic rings. The molecule has 1 aromatic carbocycles. The zero-order valence-corrected chi connectivity index (χ0v) is 14.0. The van der Waals surface area contributed by atoms with Crippen LogP contribution in [0.25, 0.3) is 0 Å². The maximum absolute atomic E-state index is 11.4. The molecule has 6 nitrogen and oxygen atoms in total. The molecular formula is C15H24N4O2S. The second-order valence-corrected chi connectivity index (χ2v) is 8.07. The van der Waals surface area contributed by atoms with E-state index < -0.39 is 9.84 Å². The van der Waals surface area contributed by atoms with Crippen LogP contribution in [-0.4, -0.2) is 57.0 Å². The van der Waals surface area contributed by atoms with Crippen molar-refractivity contribution in [3.8, 4) is 0 Å². The maximum Gasteiger partial charge on any atom is 0.193 e. The summed E-state index contributed by atoms with van der Waals surface area (Å²) in [4.78, 5) is 6.41. The van der Waals surface area contributed by atoms with E-state index in [1.807, 2.05) is 26.0 Å². The number of anilines is 1. The number of nitrogens with zero attached hydrogens (tertiary/aromatic N) is 2. The van der Waals surface area contributed by atoms with Gasteiger partial charge in [-0.2, -0.15) is 0 Å². The molecule has 1 aromatic rings. The standard InChI is InChI=1S/C15H24N4O2S/c1-12-9-13(2)11-14(10-12)18-15(16)17-3-4-19-5-7-22(20,21)8-6-19/h9-11H,3-8H2,1-2H3,(H3,16,17,18). The fraction of sp³-hybridized carbons (Fsp3) is 0.533. The number of hydrogen-bond acceptors (Lipinski definition) is 4. The molecule has 7 heteroatoms. The predicted octanol–water partition coefficient (Wildman–Crippen LogP) is 0.760. The first kappa shape index (κ1) is 16.8. The first-order chi connectivity index (χ1) is 10.3. The molecule has 1 fully saturated rings. The van der Waals surface area contributed by atoms with Crippen LogP contribution in [0.15, 0.2) is 23.2 Å². The molecule has 0 spiro atoms. The third-order valence-corrected chi connectivity index (χ3v) is 5.24. The number of aryl methyl sites for hydroxylation is 2. The normalized spacial score (nSPS) is 19.1. The molecule has 122 valence electrons. The summed E-state index contributed by atoms with van der Waals surface area (Å²) in [5.74, 6) is 0.870. The molecular weight excluding hydrogens is 300 g/mol. The minimum atomic E-state index is -2.82. The summed E-state index contributed by atoms with van der Waals surface area (Å²) >= 11 is 0. The van der Waals surface area contributed by atoms with Crippen LogP contribution in [0.2, 0.25) is 0 Å². The Morgan fingerprint density at radius 3 is 2.41 bits per heavy atom. The number of rotatable bonds is 4. The molecule has 0 radical (unpaired) electrons. The first-order valence-corrected chi connectivity index (χ1v) is 9.24. The topological polar surface area (TPSA) is 87.8 Å². The molecule has 0 atom stereocenters. The Labute approximate surface area is 132 Å². The summed E-state index contributed by atoms with van der Waals surface area (Å²) in [5.41, 5.74) is 9.16. The highest BCUT2D eigenvalue weighted by atomic mass is 32.2. The number of nitrogens with one attached hydrogen (secondary N) is 1. The molecule has 22 heavy (non-hydrogen) atoms. The Kier molecular flexibility index (Phi) is 5.42. The highest BCUT2D eigenvalue weighted by molar-refractivity contribution is 7.91. The van der Waals surface area contributed by atoms with E-state index in [9.17, 15) is 8.42 Å². The van der Waals surface area contributed by atoms with E-state index in [-0.39, 0.29) is 11.5 Å². The Bertz CT molecular complexity index is 621. The van der Waals surface area contributed by atoms with Crippen molar-refractivity contribution in [1.82, 2.24) is 4.90 Å². The number of nitrogens with two attached hydrogens (primary N) is 1. The summed E-state index contributed by atoms with van der Waals surface area (Å²) in [7, 11) is -2.82. The zero-order valence-electron chi connectivity index (χ0n) is 13.2. The number of aliphatic imine (C=N–C) groups is 1. The van der Waals surface area contributed by atoms with Crippen molar-refractivity contribution in [3.63, 3.8) is 0 Å². The second-order valence-electron chi connectivity index (χ2n) is 5.76. The lowest BCUT2D eigenvalue weighted by molar-refractivity contribution is 0.304. The summed E-state index contributed by atoms with van der Waals surface area (Å²) in [5, 5.41) is 3.09. The Balaban J connectivity index is 1.80. The fourth-order valence-electron chi connectivity index (χ4n) is 2.52. The lowest BCUT2D eigenvalue weighted by Gasteiger charge is -2.25. The lowest BCUT2D eigenvalue weighted by Crippen LogP contribution is -2.41. The largest absolute Gasteiger partial charge is 0.370 e. The minimum Gasteiger partial charge on any atom is -0.370 e. The summed E-state index contributed by atoms with van der Waals surface area (Å²) in [6.07, 6.45) is 0. The molecule has 0 bridgehead atoms. The molecule has 3 N–H and O–H groups in total. The molecule has 0 unspecified atom stereocenters. The van der Waals surface area contributed by atoms with Gasteiger partial charge in [0.2, 0.25) is 0 Å². The number of guanidine groups is 1. The van der Waals surface area contributed by atoms with Crippen molar-refractivity contribution in [2.75, 3.05) is 43.0 Å². The van der Waals surface area contributed by atoms with Crippen molar-refractivity contribution in [2.45, 2.75) is 13.8 Å². The molecule has 1 heterocycles. The van der Waals surface area contributed by atoms with Gasteiger partial charge in [0.15, 0.2) is 15.8 Å². The van der Waals surface area contributed by atoms with E-state index in [2.05, 4.69) is 21.3 Å². The second kappa shape index (κ2) is 7.11. The van der Waals surface area contributed by atoms with Gasteiger partial charge < -0.3 is 11.1 Å². The van der Waals surface area contributed by atoms with Gasteiger partial charge in [-0.1, -0.05) is 6.07 Å². The van der Waals surface area contributed by atoms with Crippen LogP contribution in [0.1, 0.15) is 11.1 Å². The first-order valence-electron chi connectivity index (χ1n) is 7.42. The Morgan fingerprint density at radius 1 is 1.23 bits per heavy atom. The summed E-state index contributed by atoms with van der Waals surface area (Å²) in [6, 6.07) is 6.14.